The number of nitrogens with zero attached hydrogens (tertiary/aromatic N) is 1. The second-order valence-electron chi connectivity index (χ2n) is 6.48. The molecule has 4 rings (SSSR count). The van der Waals surface area contributed by atoms with E-state index in [9.17, 15) is 5.11 Å². The molecule has 114 valence electrons. The lowest BCUT2D eigenvalue weighted by atomic mass is 9.83. The van der Waals surface area contributed by atoms with Crippen molar-refractivity contribution in [2.75, 3.05) is 20.1 Å². The van der Waals surface area contributed by atoms with E-state index in [0.717, 1.165) is 37.1 Å². The van der Waals surface area contributed by atoms with Crippen molar-refractivity contribution in [2.45, 2.75) is 24.5 Å². The van der Waals surface area contributed by atoms with E-state index in [2.05, 4.69) is 30.1 Å². The van der Waals surface area contributed by atoms with Crippen molar-refractivity contribution >= 4 is 0 Å². The Morgan fingerprint density at radius 1 is 1.09 bits per heavy atom. The van der Waals surface area contributed by atoms with Crippen LogP contribution >= 0.6 is 0 Å². The largest absolute Gasteiger partial charge is 0.508 e. The Hall–Kier alpha value is -1.84. The Balaban J connectivity index is 1.80. The molecule has 22 heavy (non-hydrogen) atoms. The molecule has 2 aliphatic rings. The Labute approximate surface area is 131 Å². The van der Waals surface area contributed by atoms with Gasteiger partial charge in [-0.15, -0.1) is 0 Å². The normalized spacial score (nSPS) is 23.6. The zero-order valence-electron chi connectivity index (χ0n) is 12.8. The van der Waals surface area contributed by atoms with Gasteiger partial charge >= 0.3 is 0 Å². The summed E-state index contributed by atoms with van der Waals surface area (Å²) < 4.78 is 6.61. The number of benzene rings is 2. The molecule has 2 aliphatic heterocycles. The van der Waals surface area contributed by atoms with Crippen molar-refractivity contribution in [1.82, 2.24) is 4.90 Å². The molecule has 0 saturated carbocycles. The van der Waals surface area contributed by atoms with Crippen LogP contribution in [-0.4, -0.2) is 30.1 Å². The van der Waals surface area contributed by atoms with E-state index in [1.165, 1.54) is 5.56 Å². The molecule has 0 aromatic heterocycles. The Kier molecular flexibility index (Phi) is 3.21. The molecule has 0 unspecified atom stereocenters. The van der Waals surface area contributed by atoms with Gasteiger partial charge in [-0.05, 0) is 48.7 Å². The summed E-state index contributed by atoms with van der Waals surface area (Å²) in [4.78, 5) is 2.35. The minimum atomic E-state index is -0.198. The van der Waals surface area contributed by atoms with E-state index in [0.29, 0.717) is 5.75 Å². The van der Waals surface area contributed by atoms with Gasteiger partial charge in [-0.3, -0.25) is 0 Å². The highest BCUT2D eigenvalue weighted by Crippen LogP contribution is 2.51. The molecule has 3 nitrogen and oxygen atoms in total. The fourth-order valence-corrected chi connectivity index (χ4v) is 3.78. The molecule has 0 bridgehead atoms. The average molecular weight is 295 g/mol. The third kappa shape index (κ3) is 2.13. The first-order chi connectivity index (χ1) is 10.7. The second kappa shape index (κ2) is 5.11. The highest BCUT2D eigenvalue weighted by atomic mass is 16.5. The van der Waals surface area contributed by atoms with Crippen LogP contribution in [0.15, 0.2) is 48.5 Å². The lowest BCUT2D eigenvalue weighted by Gasteiger charge is -2.38. The lowest BCUT2D eigenvalue weighted by Crippen LogP contribution is -2.40. The number of hydrogen-bond donors (Lipinski definition) is 1. The fraction of sp³-hybridized carbons (Fsp3) is 0.368. The average Bonchev–Trinajstić information content (AvgIpc) is 2.85. The van der Waals surface area contributed by atoms with Crippen molar-refractivity contribution in [2.24, 2.45) is 0 Å². The minimum Gasteiger partial charge on any atom is -0.508 e. The maximum atomic E-state index is 9.93. The Morgan fingerprint density at radius 3 is 2.55 bits per heavy atom. The summed E-state index contributed by atoms with van der Waals surface area (Å²) in [6, 6.07) is 16.0. The molecular formula is C19H21NO2. The Morgan fingerprint density at radius 2 is 1.82 bits per heavy atom. The molecule has 1 saturated heterocycles. The minimum absolute atomic E-state index is 0.0771. The van der Waals surface area contributed by atoms with Crippen molar-refractivity contribution < 1.29 is 9.84 Å². The summed E-state index contributed by atoms with van der Waals surface area (Å²) in [5.41, 5.74) is 3.34. The molecule has 2 aromatic rings. The number of fused-ring (bicyclic) bond motifs is 2. The molecule has 1 atom stereocenters. The van der Waals surface area contributed by atoms with Crippen LogP contribution in [-0.2, 0) is 10.3 Å². The molecule has 0 amide bonds. The number of ether oxygens (including phenoxy) is 1. The van der Waals surface area contributed by atoms with Gasteiger partial charge in [0, 0.05) is 13.1 Å². The summed E-state index contributed by atoms with van der Waals surface area (Å²) in [6.45, 7) is 2.09. The molecule has 3 heteroatoms. The van der Waals surface area contributed by atoms with Crippen LogP contribution in [0.25, 0.3) is 0 Å². The maximum Gasteiger partial charge on any atom is 0.115 e. The predicted octanol–water partition coefficient (Wildman–Crippen LogP) is 3.43. The third-order valence-electron chi connectivity index (χ3n) is 5.05. The van der Waals surface area contributed by atoms with Gasteiger partial charge in [-0.1, -0.05) is 36.4 Å². The van der Waals surface area contributed by atoms with Gasteiger partial charge in [0.1, 0.15) is 11.9 Å². The van der Waals surface area contributed by atoms with Gasteiger partial charge in [0.2, 0.25) is 0 Å². The maximum absolute atomic E-state index is 9.93. The number of piperidine rings is 1. The summed E-state index contributed by atoms with van der Waals surface area (Å²) in [5.74, 6) is 0.313. The molecule has 1 fully saturated rings. The van der Waals surface area contributed by atoms with Gasteiger partial charge in [-0.2, -0.15) is 0 Å². The fourth-order valence-electron chi connectivity index (χ4n) is 3.78. The van der Waals surface area contributed by atoms with Gasteiger partial charge in [0.05, 0.1) is 5.60 Å². The SMILES string of the molecule is CN1CCC2(CC1)O[C@H](c1ccccc1)c1cc(O)ccc12. The van der Waals surface area contributed by atoms with Gasteiger partial charge < -0.3 is 14.7 Å². The van der Waals surface area contributed by atoms with Gasteiger partial charge in [-0.25, -0.2) is 0 Å². The smallest absolute Gasteiger partial charge is 0.115 e. The van der Waals surface area contributed by atoms with Crippen LogP contribution in [0.4, 0.5) is 0 Å². The van der Waals surface area contributed by atoms with Crippen LogP contribution in [0.2, 0.25) is 0 Å². The highest BCUT2D eigenvalue weighted by molar-refractivity contribution is 5.47. The highest BCUT2D eigenvalue weighted by Gasteiger charge is 2.46. The van der Waals surface area contributed by atoms with Crippen LogP contribution < -0.4 is 0 Å². The standard InChI is InChI=1S/C19H21NO2/c1-20-11-9-19(10-12-20)17-8-7-15(21)13-16(17)18(22-19)14-5-3-2-4-6-14/h2-8,13,18,21H,9-12H2,1H3/t18-/m1/s1. The van der Waals surface area contributed by atoms with E-state index < -0.39 is 0 Å². The van der Waals surface area contributed by atoms with Crippen LogP contribution in [0.5, 0.6) is 5.75 Å². The van der Waals surface area contributed by atoms with Crippen molar-refractivity contribution in [3.8, 4) is 5.75 Å². The van der Waals surface area contributed by atoms with Crippen molar-refractivity contribution in [1.29, 1.82) is 0 Å². The monoisotopic (exact) mass is 295 g/mol. The zero-order valence-corrected chi connectivity index (χ0v) is 12.8. The van der Waals surface area contributed by atoms with E-state index in [1.807, 2.05) is 24.3 Å². The number of phenols is 1. The zero-order chi connectivity index (χ0) is 15.2. The first-order valence-electron chi connectivity index (χ1n) is 7.93. The number of likely N-dealkylation sites (tertiary alicyclic amines) is 1. The van der Waals surface area contributed by atoms with Crippen molar-refractivity contribution in [3.63, 3.8) is 0 Å². The molecular weight excluding hydrogens is 274 g/mol. The van der Waals surface area contributed by atoms with Gasteiger partial charge in [0.15, 0.2) is 0 Å². The quantitative estimate of drug-likeness (QED) is 0.875. The summed E-state index contributed by atoms with van der Waals surface area (Å²) in [7, 11) is 2.16. The van der Waals surface area contributed by atoms with Crippen LogP contribution in [0, 0.1) is 0 Å². The van der Waals surface area contributed by atoms with E-state index >= 15 is 0 Å². The molecule has 2 aromatic carbocycles. The number of aromatic hydroxyl groups is 1. The molecule has 0 radical (unpaired) electrons. The third-order valence-corrected chi connectivity index (χ3v) is 5.05. The molecule has 0 aliphatic carbocycles. The van der Waals surface area contributed by atoms with E-state index in [-0.39, 0.29) is 11.7 Å². The molecule has 1 spiro atoms. The molecule has 2 heterocycles. The lowest BCUT2D eigenvalue weighted by molar-refractivity contribution is -0.0941. The van der Waals surface area contributed by atoms with Gasteiger partial charge in [0.25, 0.3) is 0 Å². The number of rotatable bonds is 1. The van der Waals surface area contributed by atoms with E-state index in [4.69, 9.17) is 4.74 Å². The van der Waals surface area contributed by atoms with Crippen LogP contribution in [0.1, 0.15) is 35.6 Å². The van der Waals surface area contributed by atoms with Crippen molar-refractivity contribution in [3.05, 3.63) is 65.2 Å². The summed E-state index contributed by atoms with van der Waals surface area (Å²) >= 11 is 0. The van der Waals surface area contributed by atoms with E-state index in [1.54, 1.807) is 6.07 Å². The van der Waals surface area contributed by atoms with Crippen LogP contribution in [0.3, 0.4) is 0 Å². The predicted molar refractivity (Wildman–Crippen MR) is 85.9 cm³/mol. The summed E-state index contributed by atoms with van der Waals surface area (Å²) in [6.07, 6.45) is 1.93. The number of hydrogen-bond acceptors (Lipinski definition) is 3. The number of phenolic OH excluding ortho intramolecular Hbond substituents is 1. The first-order valence-corrected chi connectivity index (χ1v) is 7.93. The molecule has 1 N–H and O–H groups in total. The Bertz CT molecular complexity index is 675. The second-order valence-corrected chi connectivity index (χ2v) is 6.48. The first kappa shape index (κ1) is 13.8. The summed E-state index contributed by atoms with van der Waals surface area (Å²) in [5, 5.41) is 9.93. The topological polar surface area (TPSA) is 32.7 Å².